The number of aromatic nitrogens is 6. The molecule has 0 aliphatic rings. The molecule has 0 fully saturated rings. The maximum Gasteiger partial charge on any atom is 0.320 e. The zero-order chi connectivity index (χ0) is 13.5. The smallest absolute Gasteiger partial charge is 0.320 e. The molecule has 0 atom stereocenters. The highest BCUT2D eigenvalue weighted by Gasteiger charge is 2.13. The third kappa shape index (κ3) is 4.14. The normalized spacial score (nSPS) is 10.8. The van der Waals surface area contributed by atoms with E-state index in [0.29, 0.717) is 19.9 Å². The van der Waals surface area contributed by atoms with Gasteiger partial charge in [-0.15, -0.1) is 0 Å². The van der Waals surface area contributed by atoms with Crippen LogP contribution in [0.2, 0.25) is 0 Å². The van der Waals surface area contributed by atoms with Crippen LogP contribution >= 0.6 is 0 Å². The molecule has 2 aromatic heterocycles. The number of carbonyl (C=O) groups is 1. The molecule has 0 radical (unpaired) electrons. The van der Waals surface area contributed by atoms with Gasteiger partial charge < -0.3 is 4.74 Å². The van der Waals surface area contributed by atoms with Gasteiger partial charge in [0.05, 0.1) is 26.5 Å². The molecule has 9 heteroatoms. The second-order valence-electron chi connectivity index (χ2n) is 3.79. The van der Waals surface area contributed by atoms with Crippen LogP contribution in [0.4, 0.5) is 0 Å². The Labute approximate surface area is 109 Å². The topological polar surface area (TPSA) is 91.0 Å². The van der Waals surface area contributed by atoms with Crippen molar-refractivity contribution < 1.29 is 9.53 Å². The Morgan fingerprint density at radius 3 is 2.16 bits per heavy atom. The molecule has 0 spiro atoms. The van der Waals surface area contributed by atoms with Crippen LogP contribution in [0.5, 0.6) is 0 Å². The van der Waals surface area contributed by atoms with Crippen molar-refractivity contribution >= 4 is 5.97 Å². The molecule has 2 aromatic rings. The van der Waals surface area contributed by atoms with Crippen LogP contribution in [0.25, 0.3) is 0 Å². The molecule has 0 saturated carbocycles. The summed E-state index contributed by atoms with van der Waals surface area (Å²) in [5, 5.41) is 8.01. The lowest BCUT2D eigenvalue weighted by molar-refractivity contribution is -0.145. The molecule has 2 rings (SSSR count). The number of esters is 1. The molecular formula is C10H15N7O2. The molecular weight excluding hydrogens is 250 g/mol. The van der Waals surface area contributed by atoms with Gasteiger partial charge in [-0.3, -0.25) is 9.69 Å². The Bertz CT molecular complexity index is 446. The maximum absolute atomic E-state index is 11.6. The summed E-state index contributed by atoms with van der Waals surface area (Å²) in [4.78, 5) is 21.1. The van der Waals surface area contributed by atoms with Gasteiger partial charge in [0.15, 0.2) is 0 Å². The first-order valence-corrected chi connectivity index (χ1v) is 5.80. The van der Waals surface area contributed by atoms with E-state index < -0.39 is 0 Å². The van der Waals surface area contributed by atoms with Gasteiger partial charge in [-0.05, 0) is 6.92 Å². The van der Waals surface area contributed by atoms with Gasteiger partial charge in [0.25, 0.3) is 0 Å². The average molecular weight is 265 g/mol. The zero-order valence-corrected chi connectivity index (χ0v) is 10.6. The minimum absolute atomic E-state index is 0.146. The summed E-state index contributed by atoms with van der Waals surface area (Å²) in [5.74, 6) is -0.289. The molecule has 0 unspecified atom stereocenters. The fourth-order valence-corrected chi connectivity index (χ4v) is 1.56. The summed E-state index contributed by atoms with van der Waals surface area (Å²) in [6.45, 7) is 3.11. The number of hydrogen-bond acceptors (Lipinski definition) is 7. The first-order chi connectivity index (χ1) is 9.28. The van der Waals surface area contributed by atoms with E-state index in [2.05, 4.69) is 20.2 Å². The predicted octanol–water partition coefficient (Wildman–Crippen LogP) is -0.650. The summed E-state index contributed by atoms with van der Waals surface area (Å²) in [6.07, 6.45) is 6.05. The monoisotopic (exact) mass is 265 g/mol. The van der Waals surface area contributed by atoms with E-state index in [-0.39, 0.29) is 12.5 Å². The van der Waals surface area contributed by atoms with E-state index >= 15 is 0 Å². The SMILES string of the molecule is CCOC(=O)CN(Cn1cncn1)Cn1cncn1. The molecule has 0 aromatic carbocycles. The Kier molecular flexibility index (Phi) is 4.56. The second-order valence-corrected chi connectivity index (χ2v) is 3.79. The van der Waals surface area contributed by atoms with Crippen LogP contribution in [0.3, 0.4) is 0 Å². The van der Waals surface area contributed by atoms with Gasteiger partial charge in [-0.25, -0.2) is 19.3 Å². The molecule has 19 heavy (non-hydrogen) atoms. The van der Waals surface area contributed by atoms with Gasteiger partial charge in [0.2, 0.25) is 0 Å². The van der Waals surface area contributed by atoms with Crippen molar-refractivity contribution in [2.24, 2.45) is 0 Å². The largest absolute Gasteiger partial charge is 0.465 e. The van der Waals surface area contributed by atoms with Crippen molar-refractivity contribution in [3.8, 4) is 0 Å². The minimum atomic E-state index is -0.289. The van der Waals surface area contributed by atoms with Gasteiger partial charge >= 0.3 is 5.97 Å². The number of hydrogen-bond donors (Lipinski definition) is 0. The molecule has 2 heterocycles. The lowest BCUT2D eigenvalue weighted by Crippen LogP contribution is -2.34. The summed E-state index contributed by atoms with van der Waals surface area (Å²) in [6, 6.07) is 0. The van der Waals surface area contributed by atoms with Crippen LogP contribution in [-0.4, -0.2) is 53.5 Å². The Balaban J connectivity index is 1.97. The lowest BCUT2D eigenvalue weighted by Gasteiger charge is -2.20. The number of rotatable bonds is 7. The van der Waals surface area contributed by atoms with Crippen molar-refractivity contribution in [2.75, 3.05) is 13.2 Å². The van der Waals surface area contributed by atoms with Crippen molar-refractivity contribution in [3.63, 3.8) is 0 Å². The highest BCUT2D eigenvalue weighted by molar-refractivity contribution is 5.71. The summed E-state index contributed by atoms with van der Waals surface area (Å²) in [7, 11) is 0. The summed E-state index contributed by atoms with van der Waals surface area (Å²) >= 11 is 0. The number of nitrogens with zero attached hydrogens (tertiary/aromatic N) is 7. The molecule has 9 nitrogen and oxygen atoms in total. The minimum Gasteiger partial charge on any atom is -0.465 e. The van der Waals surface area contributed by atoms with Crippen LogP contribution < -0.4 is 0 Å². The van der Waals surface area contributed by atoms with Crippen LogP contribution in [-0.2, 0) is 22.9 Å². The predicted molar refractivity (Wildman–Crippen MR) is 63.4 cm³/mol. The van der Waals surface area contributed by atoms with Crippen molar-refractivity contribution in [1.82, 2.24) is 34.4 Å². The Morgan fingerprint density at radius 1 is 1.16 bits per heavy atom. The molecule has 0 amide bonds. The zero-order valence-electron chi connectivity index (χ0n) is 10.6. The van der Waals surface area contributed by atoms with Crippen molar-refractivity contribution in [2.45, 2.75) is 20.3 Å². The van der Waals surface area contributed by atoms with Gasteiger partial charge in [-0.2, -0.15) is 10.2 Å². The van der Waals surface area contributed by atoms with Crippen molar-refractivity contribution in [1.29, 1.82) is 0 Å². The highest BCUT2D eigenvalue weighted by atomic mass is 16.5. The third-order valence-corrected chi connectivity index (χ3v) is 2.28. The first kappa shape index (κ1) is 13.1. The number of carbonyl (C=O) groups excluding carboxylic acids is 1. The van der Waals surface area contributed by atoms with Gasteiger partial charge in [0, 0.05) is 0 Å². The van der Waals surface area contributed by atoms with Gasteiger partial charge in [-0.1, -0.05) is 0 Å². The maximum atomic E-state index is 11.6. The molecule has 102 valence electrons. The summed E-state index contributed by atoms with van der Waals surface area (Å²) in [5.41, 5.74) is 0. The number of ether oxygens (including phenoxy) is 1. The Hall–Kier alpha value is -2.29. The quantitative estimate of drug-likeness (QED) is 0.614. The third-order valence-electron chi connectivity index (χ3n) is 2.28. The fourth-order valence-electron chi connectivity index (χ4n) is 1.56. The molecule has 0 aliphatic carbocycles. The second kappa shape index (κ2) is 6.59. The molecule has 0 aliphatic heterocycles. The van der Waals surface area contributed by atoms with Crippen LogP contribution in [0.1, 0.15) is 6.92 Å². The fraction of sp³-hybridized carbons (Fsp3) is 0.500. The molecule has 0 saturated heterocycles. The van der Waals surface area contributed by atoms with E-state index in [1.807, 2.05) is 4.90 Å². The van der Waals surface area contributed by atoms with Crippen molar-refractivity contribution in [3.05, 3.63) is 25.3 Å². The van der Waals surface area contributed by atoms with E-state index in [9.17, 15) is 4.79 Å². The standard InChI is InChI=1S/C10H15N7O2/c1-2-19-10(18)3-15(8-16-6-11-4-13-16)9-17-7-12-5-14-17/h4-7H,2-3,8-9H2,1H3. The molecule has 0 bridgehead atoms. The lowest BCUT2D eigenvalue weighted by atomic mass is 10.5. The summed E-state index contributed by atoms with van der Waals surface area (Å²) < 4.78 is 8.18. The Morgan fingerprint density at radius 2 is 1.74 bits per heavy atom. The van der Waals surface area contributed by atoms with Gasteiger partial charge in [0.1, 0.15) is 25.3 Å². The van der Waals surface area contributed by atoms with Crippen LogP contribution in [0.15, 0.2) is 25.3 Å². The average Bonchev–Trinajstić information content (AvgIpc) is 3.02. The van der Waals surface area contributed by atoms with E-state index in [1.54, 1.807) is 28.9 Å². The van der Waals surface area contributed by atoms with Crippen LogP contribution in [0, 0.1) is 0 Å². The van der Waals surface area contributed by atoms with E-state index in [0.717, 1.165) is 0 Å². The van der Waals surface area contributed by atoms with E-state index in [1.165, 1.54) is 12.7 Å². The molecule has 0 N–H and O–H groups in total. The van der Waals surface area contributed by atoms with E-state index in [4.69, 9.17) is 4.74 Å². The highest BCUT2D eigenvalue weighted by Crippen LogP contribution is 1.97. The first-order valence-electron chi connectivity index (χ1n) is 5.80.